The van der Waals surface area contributed by atoms with Crippen LogP contribution in [0.2, 0.25) is 0 Å². The van der Waals surface area contributed by atoms with Crippen LogP contribution >= 0.6 is 11.3 Å². The van der Waals surface area contributed by atoms with Crippen molar-refractivity contribution in [1.82, 2.24) is 10.3 Å². The first kappa shape index (κ1) is 14.5. The fraction of sp³-hybridized carbons (Fsp3) is 0.733. The van der Waals surface area contributed by atoms with E-state index in [0.29, 0.717) is 12.0 Å². The molecule has 1 aliphatic carbocycles. The molecule has 0 bridgehead atoms. The van der Waals surface area contributed by atoms with Gasteiger partial charge in [-0.05, 0) is 31.1 Å². The van der Waals surface area contributed by atoms with Gasteiger partial charge in [0.05, 0.1) is 11.2 Å². The fourth-order valence-electron chi connectivity index (χ4n) is 3.09. The van der Waals surface area contributed by atoms with Crippen molar-refractivity contribution in [2.45, 2.75) is 59.4 Å². The Morgan fingerprint density at radius 1 is 1.37 bits per heavy atom. The first-order valence-electron chi connectivity index (χ1n) is 7.10. The Morgan fingerprint density at radius 3 is 2.63 bits per heavy atom. The quantitative estimate of drug-likeness (QED) is 0.895. The van der Waals surface area contributed by atoms with Gasteiger partial charge in [-0.3, -0.25) is 4.79 Å². The lowest BCUT2D eigenvalue weighted by Gasteiger charge is -2.40. The van der Waals surface area contributed by atoms with Gasteiger partial charge in [-0.1, -0.05) is 33.6 Å². The molecule has 2 atom stereocenters. The summed E-state index contributed by atoms with van der Waals surface area (Å²) in [6, 6.07) is 0.308. The minimum absolute atomic E-state index is 0.0566. The van der Waals surface area contributed by atoms with Crippen LogP contribution in [0.3, 0.4) is 0 Å². The Balaban J connectivity index is 2.08. The van der Waals surface area contributed by atoms with E-state index in [0.717, 1.165) is 17.0 Å². The number of aromatic nitrogens is 1. The average Bonchev–Trinajstić information content (AvgIpc) is 2.75. The van der Waals surface area contributed by atoms with Crippen LogP contribution in [0.4, 0.5) is 0 Å². The Hall–Kier alpha value is -0.900. The summed E-state index contributed by atoms with van der Waals surface area (Å²) in [7, 11) is 0. The second-order valence-corrected chi connectivity index (χ2v) is 7.46. The second-order valence-electron chi connectivity index (χ2n) is 6.60. The van der Waals surface area contributed by atoms with E-state index in [4.69, 9.17) is 0 Å². The summed E-state index contributed by atoms with van der Waals surface area (Å²) in [4.78, 5) is 17.2. The van der Waals surface area contributed by atoms with Crippen LogP contribution in [0.1, 0.15) is 61.8 Å². The van der Waals surface area contributed by atoms with Crippen molar-refractivity contribution in [2.24, 2.45) is 11.3 Å². The maximum absolute atomic E-state index is 12.3. The highest BCUT2D eigenvalue weighted by Gasteiger charge is 2.35. The first-order chi connectivity index (χ1) is 8.89. The maximum atomic E-state index is 12.3. The number of carbonyl (C=O) groups is 1. The number of amides is 1. The van der Waals surface area contributed by atoms with Gasteiger partial charge in [-0.25, -0.2) is 4.98 Å². The van der Waals surface area contributed by atoms with E-state index in [1.807, 2.05) is 6.92 Å². The first-order valence-corrected chi connectivity index (χ1v) is 7.98. The van der Waals surface area contributed by atoms with Crippen molar-refractivity contribution in [1.29, 1.82) is 0 Å². The van der Waals surface area contributed by atoms with Crippen LogP contribution in [0.15, 0.2) is 5.51 Å². The molecule has 1 heterocycles. The molecule has 3 nitrogen and oxygen atoms in total. The highest BCUT2D eigenvalue weighted by Crippen LogP contribution is 2.38. The van der Waals surface area contributed by atoms with Crippen molar-refractivity contribution in [2.75, 3.05) is 0 Å². The normalized spacial score (nSPS) is 24.2. The van der Waals surface area contributed by atoms with Gasteiger partial charge in [-0.15, -0.1) is 11.3 Å². The molecule has 0 aliphatic heterocycles. The lowest BCUT2D eigenvalue weighted by atomic mass is 9.69. The van der Waals surface area contributed by atoms with E-state index in [-0.39, 0.29) is 11.3 Å². The van der Waals surface area contributed by atoms with E-state index in [1.165, 1.54) is 30.6 Å². The lowest BCUT2D eigenvalue weighted by Crippen LogP contribution is -2.46. The molecule has 1 aliphatic rings. The molecule has 2 unspecified atom stereocenters. The molecule has 106 valence electrons. The van der Waals surface area contributed by atoms with Gasteiger partial charge < -0.3 is 5.32 Å². The molecule has 0 radical (unpaired) electrons. The predicted octanol–water partition coefficient (Wildman–Crippen LogP) is 3.79. The molecule has 1 aromatic rings. The predicted molar refractivity (Wildman–Crippen MR) is 79.5 cm³/mol. The molecular weight excluding hydrogens is 256 g/mol. The van der Waals surface area contributed by atoms with E-state index in [2.05, 4.69) is 31.1 Å². The molecule has 0 aromatic carbocycles. The van der Waals surface area contributed by atoms with Gasteiger partial charge in [0, 0.05) is 6.04 Å². The second kappa shape index (κ2) is 5.61. The number of rotatable bonds is 2. The van der Waals surface area contributed by atoms with Crippen molar-refractivity contribution in [3.8, 4) is 0 Å². The van der Waals surface area contributed by atoms with Crippen molar-refractivity contribution in [3.63, 3.8) is 0 Å². The van der Waals surface area contributed by atoms with Crippen molar-refractivity contribution < 1.29 is 4.79 Å². The van der Waals surface area contributed by atoms with Crippen LogP contribution in [-0.2, 0) is 0 Å². The molecular formula is C15H24N2OS. The minimum atomic E-state index is 0.0566. The zero-order valence-electron chi connectivity index (χ0n) is 12.3. The third-order valence-corrected chi connectivity index (χ3v) is 5.07. The topological polar surface area (TPSA) is 42.0 Å². The van der Waals surface area contributed by atoms with Gasteiger partial charge in [-0.2, -0.15) is 0 Å². The highest BCUT2D eigenvalue weighted by atomic mass is 32.1. The standard InChI is InChI=1S/C15H24N2OS/c1-10-13(19-9-16-10)14(18)17-12-8-6-5-7-11(12)15(2,3)4/h9,11-12H,5-8H2,1-4H3,(H,17,18). The molecule has 4 heteroatoms. The zero-order chi connectivity index (χ0) is 14.0. The summed E-state index contributed by atoms with van der Waals surface area (Å²) in [5.74, 6) is 0.625. The number of hydrogen-bond acceptors (Lipinski definition) is 3. The van der Waals surface area contributed by atoms with Gasteiger partial charge in [0.25, 0.3) is 5.91 Å². The Labute approximate surface area is 119 Å². The van der Waals surface area contributed by atoms with Gasteiger partial charge in [0.1, 0.15) is 4.88 Å². The number of hydrogen-bond donors (Lipinski definition) is 1. The Kier molecular flexibility index (Phi) is 4.29. The summed E-state index contributed by atoms with van der Waals surface area (Å²) in [6.07, 6.45) is 4.83. The maximum Gasteiger partial charge on any atom is 0.263 e. The molecule has 1 fully saturated rings. The molecule has 2 rings (SSSR count). The average molecular weight is 280 g/mol. The Morgan fingerprint density at radius 2 is 2.05 bits per heavy atom. The largest absolute Gasteiger partial charge is 0.348 e. The summed E-state index contributed by atoms with van der Waals surface area (Å²) < 4.78 is 0. The SMILES string of the molecule is Cc1ncsc1C(=O)NC1CCCCC1C(C)(C)C. The Bertz CT molecular complexity index is 447. The molecule has 1 aromatic heterocycles. The van der Waals surface area contributed by atoms with Gasteiger partial charge >= 0.3 is 0 Å². The van der Waals surface area contributed by atoms with E-state index < -0.39 is 0 Å². The molecule has 1 N–H and O–H groups in total. The molecule has 0 saturated heterocycles. The number of carbonyl (C=O) groups excluding carboxylic acids is 1. The van der Waals surface area contributed by atoms with Crippen molar-refractivity contribution in [3.05, 3.63) is 16.1 Å². The van der Waals surface area contributed by atoms with Crippen LogP contribution in [0.5, 0.6) is 0 Å². The number of aryl methyl sites for hydroxylation is 1. The number of nitrogens with zero attached hydrogens (tertiary/aromatic N) is 1. The van der Waals surface area contributed by atoms with Crippen LogP contribution in [0, 0.1) is 18.3 Å². The third kappa shape index (κ3) is 3.35. The minimum Gasteiger partial charge on any atom is -0.348 e. The number of nitrogens with one attached hydrogen (secondary N) is 1. The number of thiazole rings is 1. The molecule has 1 saturated carbocycles. The summed E-state index contributed by atoms with van der Waals surface area (Å²) in [5.41, 5.74) is 2.83. The molecule has 1 amide bonds. The van der Waals surface area contributed by atoms with Gasteiger partial charge in [0.15, 0.2) is 0 Å². The summed E-state index contributed by atoms with van der Waals surface area (Å²) in [5, 5.41) is 3.25. The zero-order valence-corrected chi connectivity index (χ0v) is 13.1. The van der Waals surface area contributed by atoms with E-state index >= 15 is 0 Å². The fourth-order valence-corrected chi connectivity index (χ4v) is 3.80. The smallest absolute Gasteiger partial charge is 0.263 e. The van der Waals surface area contributed by atoms with Crippen molar-refractivity contribution >= 4 is 17.2 Å². The van der Waals surface area contributed by atoms with Crippen LogP contribution in [0.25, 0.3) is 0 Å². The molecule has 0 spiro atoms. The lowest BCUT2D eigenvalue weighted by molar-refractivity contribution is 0.0833. The van der Waals surface area contributed by atoms with E-state index in [9.17, 15) is 4.79 Å². The van der Waals surface area contributed by atoms with Crippen LogP contribution in [-0.4, -0.2) is 16.9 Å². The molecule has 19 heavy (non-hydrogen) atoms. The van der Waals surface area contributed by atoms with Crippen LogP contribution < -0.4 is 5.32 Å². The summed E-state index contributed by atoms with van der Waals surface area (Å²) >= 11 is 1.43. The highest BCUT2D eigenvalue weighted by molar-refractivity contribution is 7.11. The third-order valence-electron chi connectivity index (χ3n) is 4.15. The monoisotopic (exact) mass is 280 g/mol. The van der Waals surface area contributed by atoms with Gasteiger partial charge in [0.2, 0.25) is 0 Å². The van der Waals surface area contributed by atoms with E-state index in [1.54, 1.807) is 5.51 Å². The summed E-state index contributed by atoms with van der Waals surface area (Å²) in [6.45, 7) is 8.73.